The molecule has 0 aliphatic rings. The molecule has 0 N–H and O–H groups in total. The van der Waals surface area contributed by atoms with E-state index in [2.05, 4.69) is 0 Å². The Kier molecular flexibility index (Phi) is 6.34. The van der Waals surface area contributed by atoms with Crippen LogP contribution in [0.5, 0.6) is 0 Å². The fourth-order valence-electron chi connectivity index (χ4n) is 2.17. The van der Waals surface area contributed by atoms with Crippen LogP contribution in [0.1, 0.15) is 17.0 Å². The third kappa shape index (κ3) is 5.98. The standard InChI is InChI=1S/C16H15Cl3O3S/c1-23(20,21)22-10-13(11-2-5-14(17)6-3-11)8-12-4-7-15(18)9-16(12)19/h2-7,9,13H,8,10H2,1H3/t13-/m1/s1. The van der Waals surface area contributed by atoms with E-state index < -0.39 is 10.1 Å². The van der Waals surface area contributed by atoms with Gasteiger partial charge in [0.05, 0.1) is 12.9 Å². The highest BCUT2D eigenvalue weighted by Gasteiger charge is 2.17. The molecule has 0 aromatic heterocycles. The van der Waals surface area contributed by atoms with Gasteiger partial charge in [0.2, 0.25) is 0 Å². The van der Waals surface area contributed by atoms with Crippen molar-refractivity contribution in [3.8, 4) is 0 Å². The molecule has 1 atom stereocenters. The molecule has 0 aliphatic heterocycles. The van der Waals surface area contributed by atoms with E-state index >= 15 is 0 Å². The van der Waals surface area contributed by atoms with Gasteiger partial charge >= 0.3 is 0 Å². The van der Waals surface area contributed by atoms with Gasteiger partial charge in [-0.25, -0.2) is 0 Å². The molecule has 0 unspecified atom stereocenters. The van der Waals surface area contributed by atoms with Crippen molar-refractivity contribution in [2.75, 3.05) is 12.9 Å². The highest BCUT2D eigenvalue weighted by atomic mass is 35.5. The van der Waals surface area contributed by atoms with Gasteiger partial charge in [-0.1, -0.05) is 53.0 Å². The first-order valence-corrected chi connectivity index (χ1v) is 9.73. The van der Waals surface area contributed by atoms with Crippen LogP contribution in [0.4, 0.5) is 0 Å². The van der Waals surface area contributed by atoms with Crippen molar-refractivity contribution in [1.29, 1.82) is 0 Å². The molecular weight excluding hydrogens is 379 g/mol. The van der Waals surface area contributed by atoms with Crippen molar-refractivity contribution in [3.63, 3.8) is 0 Å². The minimum atomic E-state index is -3.52. The summed E-state index contributed by atoms with van der Waals surface area (Å²) in [4.78, 5) is 0. The largest absolute Gasteiger partial charge is 0.270 e. The second-order valence-electron chi connectivity index (χ2n) is 5.18. The quantitative estimate of drug-likeness (QED) is 0.652. The summed E-state index contributed by atoms with van der Waals surface area (Å²) in [5.41, 5.74) is 1.79. The van der Waals surface area contributed by atoms with Crippen molar-refractivity contribution >= 4 is 44.9 Å². The molecule has 124 valence electrons. The lowest BCUT2D eigenvalue weighted by Crippen LogP contribution is -2.14. The van der Waals surface area contributed by atoms with Gasteiger partial charge in [-0.2, -0.15) is 8.42 Å². The van der Waals surface area contributed by atoms with Gasteiger partial charge in [0.15, 0.2) is 0 Å². The highest BCUT2D eigenvalue weighted by molar-refractivity contribution is 7.85. The zero-order chi connectivity index (χ0) is 17.0. The zero-order valence-corrected chi connectivity index (χ0v) is 15.4. The molecule has 2 aromatic carbocycles. The fraction of sp³-hybridized carbons (Fsp3) is 0.250. The Balaban J connectivity index is 2.27. The summed E-state index contributed by atoms with van der Waals surface area (Å²) in [6, 6.07) is 12.5. The van der Waals surface area contributed by atoms with Crippen molar-refractivity contribution in [2.45, 2.75) is 12.3 Å². The fourth-order valence-corrected chi connectivity index (χ4v) is 3.19. The van der Waals surface area contributed by atoms with E-state index in [1.54, 1.807) is 24.3 Å². The van der Waals surface area contributed by atoms with Crippen molar-refractivity contribution < 1.29 is 12.6 Å². The van der Waals surface area contributed by atoms with Gasteiger partial charge in [0.25, 0.3) is 10.1 Å². The Morgan fingerprint density at radius 1 is 1.00 bits per heavy atom. The zero-order valence-electron chi connectivity index (χ0n) is 12.3. The summed E-state index contributed by atoms with van der Waals surface area (Å²) in [7, 11) is -3.52. The molecular formula is C16H15Cl3O3S. The molecule has 2 aromatic rings. The Bertz CT molecular complexity index is 774. The number of benzene rings is 2. The second-order valence-corrected chi connectivity index (χ2v) is 8.10. The van der Waals surface area contributed by atoms with Crippen LogP contribution in [0.2, 0.25) is 15.1 Å². The first-order valence-electron chi connectivity index (χ1n) is 6.78. The molecule has 3 nitrogen and oxygen atoms in total. The normalized spacial score (nSPS) is 13.0. The van der Waals surface area contributed by atoms with Crippen LogP contribution < -0.4 is 0 Å². The lowest BCUT2D eigenvalue weighted by molar-refractivity contribution is 0.293. The van der Waals surface area contributed by atoms with Gasteiger partial charge in [-0.15, -0.1) is 0 Å². The van der Waals surface area contributed by atoms with Gasteiger partial charge in [0, 0.05) is 21.0 Å². The summed E-state index contributed by atoms with van der Waals surface area (Å²) in [6.45, 7) is 0.0272. The lowest BCUT2D eigenvalue weighted by Gasteiger charge is -2.18. The Labute approximate surface area is 151 Å². The maximum Gasteiger partial charge on any atom is 0.264 e. The first kappa shape index (κ1) is 18.6. The molecule has 0 saturated heterocycles. The van der Waals surface area contributed by atoms with Crippen LogP contribution in [0, 0.1) is 0 Å². The van der Waals surface area contributed by atoms with Crippen LogP contribution in [0.3, 0.4) is 0 Å². The summed E-state index contributed by atoms with van der Waals surface area (Å²) in [5, 5.41) is 1.70. The predicted octanol–water partition coefficient (Wildman–Crippen LogP) is 4.95. The van der Waals surface area contributed by atoms with E-state index in [0.29, 0.717) is 21.5 Å². The second kappa shape index (κ2) is 7.86. The van der Waals surface area contributed by atoms with Crippen LogP contribution >= 0.6 is 34.8 Å². The van der Waals surface area contributed by atoms with Crippen LogP contribution in [0.25, 0.3) is 0 Å². The van der Waals surface area contributed by atoms with E-state index in [1.165, 1.54) is 0 Å². The molecule has 0 aliphatic carbocycles. The summed E-state index contributed by atoms with van der Waals surface area (Å²) in [6.07, 6.45) is 1.55. The first-order chi connectivity index (χ1) is 10.7. The maximum absolute atomic E-state index is 11.3. The van der Waals surface area contributed by atoms with Crippen LogP contribution in [-0.2, 0) is 20.7 Å². The minimum absolute atomic E-state index is 0.0272. The van der Waals surface area contributed by atoms with E-state index in [4.69, 9.17) is 39.0 Å². The molecule has 0 amide bonds. The molecule has 0 bridgehead atoms. The van der Waals surface area contributed by atoms with E-state index in [1.807, 2.05) is 18.2 Å². The molecule has 2 rings (SSSR count). The monoisotopic (exact) mass is 392 g/mol. The molecule has 0 radical (unpaired) electrons. The smallest absolute Gasteiger partial charge is 0.264 e. The molecule has 23 heavy (non-hydrogen) atoms. The minimum Gasteiger partial charge on any atom is -0.270 e. The van der Waals surface area contributed by atoms with Crippen LogP contribution in [0.15, 0.2) is 42.5 Å². The van der Waals surface area contributed by atoms with E-state index in [9.17, 15) is 8.42 Å². The average molecular weight is 394 g/mol. The van der Waals surface area contributed by atoms with Crippen molar-refractivity contribution in [3.05, 3.63) is 68.7 Å². The third-order valence-corrected chi connectivity index (χ3v) is 4.71. The Hall–Kier alpha value is -0.780. The summed E-state index contributed by atoms with van der Waals surface area (Å²) in [5.74, 6) is -0.180. The molecule has 7 heteroatoms. The Morgan fingerprint density at radius 2 is 1.61 bits per heavy atom. The number of halogens is 3. The van der Waals surface area contributed by atoms with Crippen molar-refractivity contribution in [2.24, 2.45) is 0 Å². The van der Waals surface area contributed by atoms with Gasteiger partial charge in [-0.3, -0.25) is 4.18 Å². The van der Waals surface area contributed by atoms with Gasteiger partial charge < -0.3 is 0 Å². The highest BCUT2D eigenvalue weighted by Crippen LogP contribution is 2.28. The summed E-state index contributed by atoms with van der Waals surface area (Å²) >= 11 is 18.0. The number of hydrogen-bond acceptors (Lipinski definition) is 3. The number of rotatable bonds is 6. The van der Waals surface area contributed by atoms with Gasteiger partial charge in [-0.05, 0) is 41.8 Å². The summed E-state index contributed by atoms with van der Waals surface area (Å²) < 4.78 is 27.6. The van der Waals surface area contributed by atoms with Crippen molar-refractivity contribution in [1.82, 2.24) is 0 Å². The predicted molar refractivity (Wildman–Crippen MR) is 95.2 cm³/mol. The lowest BCUT2D eigenvalue weighted by atomic mass is 9.93. The van der Waals surface area contributed by atoms with Crippen LogP contribution in [-0.4, -0.2) is 21.3 Å². The van der Waals surface area contributed by atoms with E-state index in [-0.39, 0.29) is 12.5 Å². The molecule has 0 spiro atoms. The molecule has 0 heterocycles. The Morgan fingerprint density at radius 3 is 2.17 bits per heavy atom. The molecule has 0 fully saturated rings. The topological polar surface area (TPSA) is 43.4 Å². The van der Waals surface area contributed by atoms with E-state index in [0.717, 1.165) is 17.4 Å². The molecule has 0 saturated carbocycles. The number of hydrogen-bond donors (Lipinski definition) is 0. The maximum atomic E-state index is 11.3. The third-order valence-electron chi connectivity index (χ3n) is 3.31. The average Bonchev–Trinajstić information content (AvgIpc) is 2.45. The van der Waals surface area contributed by atoms with Gasteiger partial charge in [0.1, 0.15) is 0 Å². The SMILES string of the molecule is CS(=O)(=O)OC[C@@H](Cc1ccc(Cl)cc1Cl)c1ccc(Cl)cc1.